The molecule has 2 amide bonds. The van der Waals surface area contributed by atoms with Gasteiger partial charge in [0.1, 0.15) is 5.75 Å². The van der Waals surface area contributed by atoms with Gasteiger partial charge >= 0.3 is 0 Å². The van der Waals surface area contributed by atoms with E-state index in [1.807, 2.05) is 37.4 Å². The maximum Gasteiger partial charge on any atom is 0.264 e. The van der Waals surface area contributed by atoms with E-state index >= 15 is 0 Å². The van der Waals surface area contributed by atoms with Crippen molar-refractivity contribution in [2.24, 2.45) is 0 Å². The summed E-state index contributed by atoms with van der Waals surface area (Å²) in [7, 11) is 0. The monoisotopic (exact) mass is 376 g/mol. The number of hydrogen-bond donors (Lipinski definition) is 1. The van der Waals surface area contributed by atoms with Crippen molar-refractivity contribution in [1.29, 1.82) is 0 Å². The van der Waals surface area contributed by atoms with Crippen molar-refractivity contribution in [3.63, 3.8) is 0 Å². The Morgan fingerprint density at radius 2 is 2.12 bits per heavy atom. The summed E-state index contributed by atoms with van der Waals surface area (Å²) in [4.78, 5) is 30.4. The Morgan fingerprint density at radius 3 is 2.72 bits per heavy atom. The molecular weight excluding hydrogens is 356 g/mol. The average Bonchev–Trinajstić information content (AvgIpc) is 3.25. The summed E-state index contributed by atoms with van der Waals surface area (Å²) in [5.74, 6) is 0.0426. The maximum atomic E-state index is 12.6. The van der Waals surface area contributed by atoms with E-state index in [2.05, 4.69) is 0 Å². The number of amides is 2. The van der Waals surface area contributed by atoms with Crippen LogP contribution in [0.3, 0.4) is 0 Å². The minimum atomic E-state index is -0.0873. The SMILES string of the molecule is C/C(=C\c1cccs1)C(=O)N1CCN(C(=O)c2cc(O)cs2)C(C)C1. The van der Waals surface area contributed by atoms with Crippen molar-refractivity contribution in [3.05, 3.63) is 44.3 Å². The Bertz CT molecular complexity index is 795. The molecule has 1 unspecified atom stereocenters. The highest BCUT2D eigenvalue weighted by molar-refractivity contribution is 7.12. The van der Waals surface area contributed by atoms with Gasteiger partial charge in [-0.25, -0.2) is 0 Å². The minimum absolute atomic E-state index is 0.0149. The molecule has 0 spiro atoms. The van der Waals surface area contributed by atoms with Crippen LogP contribution >= 0.6 is 22.7 Å². The first-order valence-electron chi connectivity index (χ1n) is 8.05. The van der Waals surface area contributed by atoms with Crippen LogP contribution in [-0.2, 0) is 4.79 Å². The molecule has 0 bridgehead atoms. The lowest BCUT2D eigenvalue weighted by Gasteiger charge is -2.39. The van der Waals surface area contributed by atoms with Crippen LogP contribution in [0.5, 0.6) is 5.75 Å². The van der Waals surface area contributed by atoms with Crippen molar-refractivity contribution in [3.8, 4) is 5.75 Å². The molecule has 132 valence electrons. The van der Waals surface area contributed by atoms with Crippen LogP contribution in [0.25, 0.3) is 6.08 Å². The summed E-state index contributed by atoms with van der Waals surface area (Å²) in [6.07, 6.45) is 1.91. The van der Waals surface area contributed by atoms with Gasteiger partial charge in [-0.2, -0.15) is 0 Å². The normalized spacial score (nSPS) is 18.5. The second-order valence-corrected chi connectivity index (χ2v) is 8.00. The fourth-order valence-electron chi connectivity index (χ4n) is 2.92. The van der Waals surface area contributed by atoms with Gasteiger partial charge in [0.15, 0.2) is 0 Å². The standard InChI is InChI=1S/C18H20N2O3S2/c1-12(8-15-4-3-7-24-15)17(22)19-5-6-20(13(2)10-19)18(23)16-9-14(21)11-25-16/h3-4,7-9,11,13,21H,5-6,10H2,1-2H3/b12-8+. The summed E-state index contributed by atoms with van der Waals surface area (Å²) in [6.45, 7) is 5.30. The number of nitrogens with zero attached hydrogens (tertiary/aromatic N) is 2. The van der Waals surface area contributed by atoms with Crippen molar-refractivity contribution < 1.29 is 14.7 Å². The van der Waals surface area contributed by atoms with Gasteiger partial charge in [-0.1, -0.05) is 6.07 Å². The quantitative estimate of drug-likeness (QED) is 0.836. The molecule has 1 saturated heterocycles. The first-order chi connectivity index (χ1) is 12.0. The van der Waals surface area contributed by atoms with E-state index in [9.17, 15) is 14.7 Å². The van der Waals surface area contributed by atoms with E-state index < -0.39 is 0 Å². The molecule has 3 rings (SSSR count). The highest BCUT2D eigenvalue weighted by Gasteiger charge is 2.31. The Hall–Kier alpha value is -2.12. The van der Waals surface area contributed by atoms with E-state index in [-0.39, 0.29) is 23.6 Å². The summed E-state index contributed by atoms with van der Waals surface area (Å²) in [5, 5.41) is 13.0. The molecule has 7 heteroatoms. The molecule has 0 aliphatic carbocycles. The van der Waals surface area contributed by atoms with E-state index in [1.54, 1.807) is 26.5 Å². The molecule has 0 saturated carbocycles. The van der Waals surface area contributed by atoms with Gasteiger partial charge in [0.25, 0.3) is 5.91 Å². The molecule has 1 aliphatic rings. The van der Waals surface area contributed by atoms with Crippen LogP contribution in [0.15, 0.2) is 34.5 Å². The van der Waals surface area contributed by atoms with Gasteiger partial charge in [0, 0.05) is 47.6 Å². The smallest absolute Gasteiger partial charge is 0.264 e. The third-order valence-electron chi connectivity index (χ3n) is 4.21. The van der Waals surface area contributed by atoms with Gasteiger partial charge < -0.3 is 14.9 Å². The molecule has 1 N–H and O–H groups in total. The van der Waals surface area contributed by atoms with Gasteiger partial charge in [0.05, 0.1) is 4.88 Å². The second-order valence-electron chi connectivity index (χ2n) is 6.11. The Kier molecular flexibility index (Phi) is 5.24. The molecule has 2 aromatic rings. The number of rotatable bonds is 3. The van der Waals surface area contributed by atoms with Crippen molar-refractivity contribution in [2.75, 3.05) is 19.6 Å². The van der Waals surface area contributed by atoms with Gasteiger partial charge in [-0.15, -0.1) is 22.7 Å². The number of carbonyl (C=O) groups is 2. The summed E-state index contributed by atoms with van der Waals surface area (Å²) >= 11 is 2.84. The van der Waals surface area contributed by atoms with Gasteiger partial charge in [0.2, 0.25) is 5.91 Å². The number of piperazine rings is 1. The zero-order valence-electron chi connectivity index (χ0n) is 14.1. The zero-order chi connectivity index (χ0) is 18.0. The summed E-state index contributed by atoms with van der Waals surface area (Å²) in [5.41, 5.74) is 0.706. The number of aromatic hydroxyl groups is 1. The Morgan fingerprint density at radius 1 is 1.32 bits per heavy atom. The zero-order valence-corrected chi connectivity index (χ0v) is 15.8. The molecule has 1 fully saturated rings. The molecule has 25 heavy (non-hydrogen) atoms. The third kappa shape index (κ3) is 3.93. The highest BCUT2D eigenvalue weighted by atomic mass is 32.1. The molecule has 2 aromatic heterocycles. The van der Waals surface area contributed by atoms with Crippen LogP contribution in [0, 0.1) is 0 Å². The van der Waals surface area contributed by atoms with Crippen LogP contribution in [0.2, 0.25) is 0 Å². The third-order valence-corrected chi connectivity index (χ3v) is 5.94. The average molecular weight is 377 g/mol. The Labute approximate surface area is 154 Å². The second kappa shape index (κ2) is 7.41. The van der Waals surface area contributed by atoms with E-state index in [0.717, 1.165) is 4.88 Å². The lowest BCUT2D eigenvalue weighted by molar-refractivity contribution is -0.129. The molecule has 0 aromatic carbocycles. The van der Waals surface area contributed by atoms with Crippen molar-refractivity contribution >= 4 is 40.6 Å². The predicted octanol–water partition coefficient (Wildman–Crippen LogP) is 3.29. The first kappa shape index (κ1) is 17.7. The van der Waals surface area contributed by atoms with Crippen LogP contribution in [0.1, 0.15) is 28.4 Å². The van der Waals surface area contributed by atoms with E-state index in [0.29, 0.717) is 30.1 Å². The molecule has 1 aliphatic heterocycles. The molecule has 3 heterocycles. The summed E-state index contributed by atoms with van der Waals surface area (Å²) in [6, 6.07) is 5.37. The fraction of sp³-hybridized carbons (Fsp3) is 0.333. The molecule has 0 radical (unpaired) electrons. The summed E-state index contributed by atoms with van der Waals surface area (Å²) < 4.78 is 0. The minimum Gasteiger partial charge on any atom is -0.507 e. The topological polar surface area (TPSA) is 60.9 Å². The largest absolute Gasteiger partial charge is 0.507 e. The molecule has 5 nitrogen and oxygen atoms in total. The van der Waals surface area contributed by atoms with Crippen LogP contribution < -0.4 is 0 Å². The van der Waals surface area contributed by atoms with E-state index in [4.69, 9.17) is 0 Å². The predicted molar refractivity (Wildman–Crippen MR) is 101 cm³/mol. The highest BCUT2D eigenvalue weighted by Crippen LogP contribution is 2.24. The Balaban J connectivity index is 1.65. The number of carbonyl (C=O) groups excluding carboxylic acids is 2. The van der Waals surface area contributed by atoms with Crippen molar-refractivity contribution in [2.45, 2.75) is 19.9 Å². The van der Waals surface area contributed by atoms with Gasteiger partial charge in [-0.3, -0.25) is 9.59 Å². The van der Waals surface area contributed by atoms with Crippen LogP contribution in [-0.4, -0.2) is 52.4 Å². The number of hydrogen-bond acceptors (Lipinski definition) is 5. The molecule has 1 atom stereocenters. The van der Waals surface area contributed by atoms with Gasteiger partial charge in [-0.05, 0) is 31.4 Å². The lowest BCUT2D eigenvalue weighted by Crippen LogP contribution is -2.55. The first-order valence-corrected chi connectivity index (χ1v) is 9.81. The van der Waals surface area contributed by atoms with E-state index in [1.165, 1.54) is 17.4 Å². The fourth-order valence-corrected chi connectivity index (χ4v) is 4.36. The molecular formula is C18H20N2O3S2. The maximum absolute atomic E-state index is 12.6. The number of thiophene rings is 2. The lowest BCUT2D eigenvalue weighted by atomic mass is 10.1. The van der Waals surface area contributed by atoms with Crippen molar-refractivity contribution in [1.82, 2.24) is 9.80 Å². The van der Waals surface area contributed by atoms with Crippen LogP contribution in [0.4, 0.5) is 0 Å².